The number of rotatable bonds is 3. The van der Waals surface area contributed by atoms with E-state index in [0.717, 1.165) is 17.2 Å². The van der Waals surface area contributed by atoms with Gasteiger partial charge in [0.15, 0.2) is 0 Å². The first-order chi connectivity index (χ1) is 14.9. The molecule has 3 amide bonds. The molecule has 3 aliphatic heterocycles. The van der Waals surface area contributed by atoms with Gasteiger partial charge in [0.1, 0.15) is 11.1 Å². The standard InChI is InChI=1S/C21H15ClN4O5/c22-13-6-5-11(9-14(13)26(30)31)23-21(29)18-16-15(19(27)24-20(16)28)17-12-4-2-1-3-10(12)7-8-25(17)18/h1-9,15-18H,(H,23,29)(H,24,27,28)/t15-,16-,17-,18-/m1/s1. The number of halogens is 1. The summed E-state index contributed by atoms with van der Waals surface area (Å²) < 4.78 is 0. The van der Waals surface area contributed by atoms with Crippen molar-refractivity contribution in [1.29, 1.82) is 0 Å². The zero-order valence-electron chi connectivity index (χ0n) is 15.8. The van der Waals surface area contributed by atoms with Gasteiger partial charge in [-0.25, -0.2) is 0 Å². The van der Waals surface area contributed by atoms with E-state index in [-0.39, 0.29) is 16.4 Å². The van der Waals surface area contributed by atoms with E-state index < -0.39 is 46.6 Å². The second-order valence-electron chi connectivity index (χ2n) is 7.60. The Bertz CT molecular complexity index is 1200. The highest BCUT2D eigenvalue weighted by Gasteiger charge is 2.61. The van der Waals surface area contributed by atoms with Crippen LogP contribution in [0, 0.1) is 22.0 Å². The maximum Gasteiger partial charge on any atom is 0.289 e. The summed E-state index contributed by atoms with van der Waals surface area (Å²) in [6.45, 7) is 0. The quantitative estimate of drug-likeness (QED) is 0.431. The lowest BCUT2D eigenvalue weighted by atomic mass is 9.84. The van der Waals surface area contributed by atoms with Gasteiger partial charge in [0.2, 0.25) is 17.7 Å². The van der Waals surface area contributed by atoms with Gasteiger partial charge in [0.25, 0.3) is 5.69 Å². The molecule has 2 aromatic carbocycles. The van der Waals surface area contributed by atoms with Gasteiger partial charge in [-0.1, -0.05) is 35.9 Å². The van der Waals surface area contributed by atoms with Crippen molar-refractivity contribution in [3.8, 4) is 0 Å². The van der Waals surface area contributed by atoms with Gasteiger partial charge < -0.3 is 10.2 Å². The Hall–Kier alpha value is -3.72. The van der Waals surface area contributed by atoms with Crippen LogP contribution in [0.3, 0.4) is 0 Å². The molecule has 2 aromatic rings. The van der Waals surface area contributed by atoms with Gasteiger partial charge in [-0.15, -0.1) is 0 Å². The second kappa shape index (κ2) is 6.92. The molecule has 3 aliphatic rings. The molecule has 3 heterocycles. The molecule has 156 valence electrons. The van der Waals surface area contributed by atoms with Gasteiger partial charge in [-0.3, -0.25) is 29.8 Å². The van der Waals surface area contributed by atoms with E-state index in [1.165, 1.54) is 12.1 Å². The SMILES string of the molecule is O=C1NC(=O)[C@@H]2[C@@H]1[C@H]1c3ccccc3C=CN1[C@H]2C(=O)Nc1ccc(Cl)c([N+](=O)[O-])c1. The lowest BCUT2D eigenvalue weighted by Gasteiger charge is -2.34. The van der Waals surface area contributed by atoms with Crippen LogP contribution in [-0.4, -0.2) is 33.6 Å². The smallest absolute Gasteiger partial charge is 0.289 e. The average Bonchev–Trinajstić information content (AvgIpc) is 3.24. The number of nitro groups is 1. The Labute approximate surface area is 180 Å². The molecule has 0 bridgehead atoms. The summed E-state index contributed by atoms with van der Waals surface area (Å²) in [6.07, 6.45) is 3.56. The van der Waals surface area contributed by atoms with Crippen LogP contribution >= 0.6 is 11.6 Å². The van der Waals surface area contributed by atoms with Gasteiger partial charge in [0, 0.05) is 18.0 Å². The van der Waals surface area contributed by atoms with E-state index in [1.54, 1.807) is 11.1 Å². The highest BCUT2D eigenvalue weighted by Crippen LogP contribution is 2.50. The predicted octanol–water partition coefficient (Wildman–Crippen LogP) is 2.49. The Balaban J connectivity index is 1.52. The topological polar surface area (TPSA) is 122 Å². The fraction of sp³-hybridized carbons (Fsp3) is 0.190. The number of anilines is 1. The molecule has 5 rings (SSSR count). The number of carbonyl (C=O) groups excluding carboxylic acids is 3. The summed E-state index contributed by atoms with van der Waals surface area (Å²) >= 11 is 5.84. The maximum absolute atomic E-state index is 13.3. The number of hydrogen-bond donors (Lipinski definition) is 2. The van der Waals surface area contributed by atoms with Gasteiger partial charge in [0.05, 0.1) is 22.8 Å². The summed E-state index contributed by atoms with van der Waals surface area (Å²) in [7, 11) is 0. The first kappa shape index (κ1) is 19.3. The van der Waals surface area contributed by atoms with Crippen LogP contribution in [0.2, 0.25) is 5.02 Å². The number of benzene rings is 2. The Morgan fingerprint density at radius 2 is 1.87 bits per heavy atom. The molecule has 0 spiro atoms. The van der Waals surface area contributed by atoms with Crippen molar-refractivity contribution in [3.63, 3.8) is 0 Å². The minimum atomic E-state index is -0.958. The first-order valence-corrected chi connectivity index (χ1v) is 9.88. The van der Waals surface area contributed by atoms with E-state index >= 15 is 0 Å². The second-order valence-corrected chi connectivity index (χ2v) is 8.01. The largest absolute Gasteiger partial charge is 0.357 e. The third-order valence-corrected chi connectivity index (χ3v) is 6.30. The zero-order chi connectivity index (χ0) is 21.9. The fourth-order valence-corrected chi connectivity index (χ4v) is 4.91. The van der Waals surface area contributed by atoms with Crippen molar-refractivity contribution < 1.29 is 19.3 Å². The molecule has 0 aliphatic carbocycles. The number of nitro benzene ring substituents is 1. The van der Waals surface area contributed by atoms with Crippen LogP contribution < -0.4 is 10.6 Å². The molecular weight excluding hydrogens is 424 g/mol. The monoisotopic (exact) mass is 438 g/mol. The molecule has 9 nitrogen and oxygen atoms in total. The highest BCUT2D eigenvalue weighted by molar-refractivity contribution is 6.32. The Morgan fingerprint density at radius 3 is 2.65 bits per heavy atom. The summed E-state index contributed by atoms with van der Waals surface area (Å²) in [5, 5.41) is 16.1. The van der Waals surface area contributed by atoms with Crippen LogP contribution in [0.25, 0.3) is 6.08 Å². The average molecular weight is 439 g/mol. The van der Waals surface area contributed by atoms with Crippen LogP contribution in [0.4, 0.5) is 11.4 Å². The van der Waals surface area contributed by atoms with E-state index in [0.29, 0.717) is 0 Å². The molecule has 0 unspecified atom stereocenters. The number of hydrogen-bond acceptors (Lipinski definition) is 6. The van der Waals surface area contributed by atoms with Gasteiger partial charge >= 0.3 is 0 Å². The van der Waals surface area contributed by atoms with Crippen LogP contribution in [0.15, 0.2) is 48.7 Å². The van der Waals surface area contributed by atoms with E-state index in [9.17, 15) is 24.5 Å². The molecule has 2 N–H and O–H groups in total. The number of nitrogens with zero attached hydrogens (tertiary/aromatic N) is 2. The van der Waals surface area contributed by atoms with Crippen molar-refractivity contribution in [2.24, 2.45) is 11.8 Å². The van der Waals surface area contributed by atoms with Crippen LogP contribution in [-0.2, 0) is 14.4 Å². The summed E-state index contributed by atoms with van der Waals surface area (Å²) in [6, 6.07) is 10.0. The summed E-state index contributed by atoms with van der Waals surface area (Å²) in [4.78, 5) is 50.7. The van der Waals surface area contributed by atoms with Crippen LogP contribution in [0.5, 0.6) is 0 Å². The molecule has 31 heavy (non-hydrogen) atoms. The van der Waals surface area contributed by atoms with Crippen molar-refractivity contribution in [1.82, 2.24) is 10.2 Å². The molecule has 10 heteroatoms. The molecule has 2 saturated heterocycles. The van der Waals surface area contributed by atoms with E-state index in [1.807, 2.05) is 30.3 Å². The zero-order valence-corrected chi connectivity index (χ0v) is 16.6. The van der Waals surface area contributed by atoms with Crippen molar-refractivity contribution in [2.75, 3.05) is 5.32 Å². The fourth-order valence-electron chi connectivity index (χ4n) is 4.72. The highest BCUT2D eigenvalue weighted by atomic mass is 35.5. The van der Waals surface area contributed by atoms with Crippen molar-refractivity contribution >= 4 is 46.8 Å². The summed E-state index contributed by atoms with van der Waals surface area (Å²) in [5.41, 5.74) is 1.61. The number of nitrogens with one attached hydrogen (secondary N) is 2. The lowest BCUT2D eigenvalue weighted by molar-refractivity contribution is -0.384. The minimum Gasteiger partial charge on any atom is -0.357 e. The number of amides is 3. The number of fused-ring (bicyclic) bond motifs is 5. The molecule has 0 radical (unpaired) electrons. The lowest BCUT2D eigenvalue weighted by Crippen LogP contribution is -2.45. The molecule has 0 aromatic heterocycles. The predicted molar refractivity (Wildman–Crippen MR) is 111 cm³/mol. The molecular formula is C21H15ClN4O5. The van der Waals surface area contributed by atoms with Crippen molar-refractivity contribution in [3.05, 3.63) is 74.9 Å². The van der Waals surface area contributed by atoms with E-state index in [2.05, 4.69) is 10.6 Å². The van der Waals surface area contributed by atoms with E-state index in [4.69, 9.17) is 11.6 Å². The normalized spacial score (nSPS) is 25.5. The van der Waals surface area contributed by atoms with Gasteiger partial charge in [-0.05, 0) is 29.3 Å². The Kier molecular flexibility index (Phi) is 4.30. The Morgan fingerprint density at radius 1 is 1.13 bits per heavy atom. The van der Waals surface area contributed by atoms with Crippen LogP contribution in [0.1, 0.15) is 17.2 Å². The minimum absolute atomic E-state index is 0.0552. The number of carbonyl (C=O) groups is 3. The third kappa shape index (κ3) is 2.89. The summed E-state index contributed by atoms with van der Waals surface area (Å²) in [5.74, 6) is -3.04. The molecule has 4 atom stereocenters. The molecule has 0 saturated carbocycles. The maximum atomic E-state index is 13.3. The number of imide groups is 1. The molecule has 2 fully saturated rings. The van der Waals surface area contributed by atoms with Crippen molar-refractivity contribution in [2.45, 2.75) is 12.1 Å². The third-order valence-electron chi connectivity index (χ3n) is 5.98. The van der Waals surface area contributed by atoms with Gasteiger partial charge in [-0.2, -0.15) is 0 Å². The first-order valence-electron chi connectivity index (χ1n) is 9.51.